The van der Waals surface area contributed by atoms with Gasteiger partial charge in [0.15, 0.2) is 0 Å². The van der Waals surface area contributed by atoms with Crippen LogP contribution in [0.5, 0.6) is 0 Å². The van der Waals surface area contributed by atoms with Gasteiger partial charge in [0.1, 0.15) is 6.54 Å². The van der Waals surface area contributed by atoms with Gasteiger partial charge in [0.05, 0.1) is 13.0 Å². The lowest BCUT2D eigenvalue weighted by Gasteiger charge is -2.28. The highest BCUT2D eigenvalue weighted by Crippen LogP contribution is 2.15. The molecule has 0 radical (unpaired) electrons. The molecule has 0 bridgehead atoms. The zero-order valence-corrected chi connectivity index (χ0v) is 24.3. The molecule has 0 saturated carbocycles. The van der Waals surface area contributed by atoms with Crippen LogP contribution < -0.4 is 16.0 Å². The molecule has 0 aromatic heterocycles. The minimum atomic E-state index is -1.09. The average Bonchev–Trinajstić information content (AvgIpc) is 2.98. The number of carbonyl (C=O) groups excluding carboxylic acids is 4. The molecule has 11 nitrogen and oxygen atoms in total. The molecule has 0 spiro atoms. The number of urea groups is 1. The predicted molar refractivity (Wildman–Crippen MR) is 165 cm³/mol. The largest absolute Gasteiger partial charge is 0.481 e. The number of aliphatic carboxylic acids is 1. The van der Waals surface area contributed by atoms with Crippen LogP contribution in [0.25, 0.3) is 0 Å². The summed E-state index contributed by atoms with van der Waals surface area (Å²) < 4.78 is 0. The van der Waals surface area contributed by atoms with Gasteiger partial charge in [0, 0.05) is 35.7 Å². The third-order valence-corrected chi connectivity index (χ3v) is 6.35. The van der Waals surface area contributed by atoms with Crippen molar-refractivity contribution < 1.29 is 29.1 Å². The highest BCUT2D eigenvalue weighted by atomic mass is 16.4. The monoisotopic (exact) mass is 587 g/mol. The van der Waals surface area contributed by atoms with Crippen molar-refractivity contribution in [3.63, 3.8) is 0 Å². The van der Waals surface area contributed by atoms with E-state index in [0.29, 0.717) is 29.0 Å². The zero-order chi connectivity index (χ0) is 31.2. The highest BCUT2D eigenvalue weighted by molar-refractivity contribution is 6.00. The Balaban J connectivity index is 1.62. The van der Waals surface area contributed by atoms with Gasteiger partial charge >= 0.3 is 12.0 Å². The summed E-state index contributed by atoms with van der Waals surface area (Å²) >= 11 is 0. The first-order valence-electron chi connectivity index (χ1n) is 14.0. The first kappa shape index (κ1) is 32.3. The van der Waals surface area contributed by atoms with Crippen LogP contribution >= 0.6 is 0 Å². The first-order valence-corrected chi connectivity index (χ1v) is 14.0. The maximum atomic E-state index is 13.4. The number of hydrogen-bond acceptors (Lipinski definition) is 5. The van der Waals surface area contributed by atoms with Crippen molar-refractivity contribution in [2.45, 2.75) is 26.7 Å². The summed E-state index contributed by atoms with van der Waals surface area (Å²) in [4.78, 5) is 65.4. The molecule has 0 unspecified atom stereocenters. The quantitative estimate of drug-likeness (QED) is 0.214. The number of nitrogens with zero attached hydrogens (tertiary/aromatic N) is 2. The summed E-state index contributed by atoms with van der Waals surface area (Å²) in [5.41, 5.74) is 1.97. The number of carboxylic acid groups (broad SMARTS) is 1. The van der Waals surface area contributed by atoms with Gasteiger partial charge in [0.2, 0.25) is 11.8 Å². The van der Waals surface area contributed by atoms with E-state index in [2.05, 4.69) is 16.0 Å². The maximum absolute atomic E-state index is 13.4. The van der Waals surface area contributed by atoms with Crippen LogP contribution in [0.1, 0.15) is 37.0 Å². The lowest BCUT2D eigenvalue weighted by atomic mass is 10.1. The second kappa shape index (κ2) is 16.3. The van der Waals surface area contributed by atoms with E-state index in [1.807, 2.05) is 32.0 Å². The topological polar surface area (TPSA) is 148 Å². The third-order valence-electron chi connectivity index (χ3n) is 6.35. The number of nitrogens with one attached hydrogen (secondary N) is 3. The van der Waals surface area contributed by atoms with E-state index in [4.69, 9.17) is 0 Å². The third kappa shape index (κ3) is 11.3. The summed E-state index contributed by atoms with van der Waals surface area (Å²) in [7, 11) is 0. The van der Waals surface area contributed by atoms with Gasteiger partial charge in [-0.15, -0.1) is 0 Å². The predicted octanol–water partition coefficient (Wildman–Crippen LogP) is 4.76. The molecule has 3 aromatic rings. The molecule has 0 aliphatic carbocycles. The second-order valence-electron chi connectivity index (χ2n) is 10.3. The number of anilines is 3. The van der Waals surface area contributed by atoms with E-state index in [0.717, 1.165) is 0 Å². The summed E-state index contributed by atoms with van der Waals surface area (Å²) in [6.07, 6.45) is 0.309. The Kier molecular flexibility index (Phi) is 12.3. The second-order valence-corrected chi connectivity index (χ2v) is 10.3. The number of amides is 5. The van der Waals surface area contributed by atoms with Crippen molar-refractivity contribution in [3.05, 3.63) is 90.5 Å². The van der Waals surface area contributed by atoms with E-state index in [1.54, 1.807) is 66.7 Å². The van der Waals surface area contributed by atoms with Crippen molar-refractivity contribution >= 4 is 46.8 Å². The molecule has 0 aliphatic rings. The van der Waals surface area contributed by atoms with E-state index in [9.17, 15) is 29.1 Å². The van der Waals surface area contributed by atoms with Gasteiger partial charge in [-0.3, -0.25) is 19.2 Å². The fraction of sp³-hybridized carbons (Fsp3) is 0.281. The summed E-state index contributed by atoms with van der Waals surface area (Å²) in [5, 5.41) is 17.4. The van der Waals surface area contributed by atoms with Crippen LogP contribution in [0.15, 0.2) is 84.9 Å². The van der Waals surface area contributed by atoms with Gasteiger partial charge in [-0.2, -0.15) is 0 Å². The molecule has 3 aromatic carbocycles. The van der Waals surface area contributed by atoms with E-state index >= 15 is 0 Å². The molecule has 226 valence electrons. The van der Waals surface area contributed by atoms with Crippen molar-refractivity contribution in [1.82, 2.24) is 9.80 Å². The minimum Gasteiger partial charge on any atom is -0.481 e. The van der Waals surface area contributed by atoms with E-state index in [-0.39, 0.29) is 38.5 Å². The molecule has 5 amide bonds. The first-order chi connectivity index (χ1) is 20.6. The molecule has 0 aliphatic heterocycles. The number of hydrogen-bond donors (Lipinski definition) is 4. The standard InChI is InChI=1S/C32H37N5O6/c1-23(2)17-19-36(29(39)22-37(20-18-30(40)41)31(42)24-9-5-3-6-10-24)21-28(38)33-26-13-15-27(16-14-26)35-32(43)34-25-11-7-4-8-12-25/h3-16,23H,17-22H2,1-2H3,(H,33,38)(H,40,41)(H2,34,35,43). The summed E-state index contributed by atoms with van der Waals surface area (Å²) in [6, 6.07) is 23.4. The van der Waals surface area contributed by atoms with Crippen molar-refractivity contribution in [1.29, 1.82) is 0 Å². The van der Waals surface area contributed by atoms with Crippen LogP contribution in [0.3, 0.4) is 0 Å². The van der Waals surface area contributed by atoms with Crippen LogP contribution in [0.2, 0.25) is 0 Å². The van der Waals surface area contributed by atoms with Gasteiger partial charge in [-0.1, -0.05) is 50.2 Å². The zero-order valence-electron chi connectivity index (χ0n) is 24.3. The van der Waals surface area contributed by atoms with Crippen LogP contribution in [-0.4, -0.2) is 70.8 Å². The Morgan fingerprint density at radius 1 is 0.674 bits per heavy atom. The molecular weight excluding hydrogens is 550 g/mol. The average molecular weight is 588 g/mol. The molecule has 11 heteroatoms. The molecule has 0 heterocycles. The van der Waals surface area contributed by atoms with Gasteiger partial charge in [-0.25, -0.2) is 4.79 Å². The van der Waals surface area contributed by atoms with Crippen LogP contribution in [-0.2, 0) is 14.4 Å². The Morgan fingerprint density at radius 3 is 1.77 bits per heavy atom. The smallest absolute Gasteiger partial charge is 0.323 e. The fourth-order valence-electron chi connectivity index (χ4n) is 4.04. The van der Waals surface area contributed by atoms with Gasteiger partial charge < -0.3 is 30.9 Å². The number of para-hydroxylation sites is 1. The number of benzene rings is 3. The van der Waals surface area contributed by atoms with Gasteiger partial charge in [-0.05, 0) is 60.9 Å². The fourth-order valence-corrected chi connectivity index (χ4v) is 4.04. The Morgan fingerprint density at radius 2 is 1.21 bits per heavy atom. The van der Waals surface area contributed by atoms with Crippen LogP contribution in [0, 0.1) is 5.92 Å². The molecule has 3 rings (SSSR count). The number of carbonyl (C=O) groups is 5. The van der Waals surface area contributed by atoms with E-state index in [1.165, 1.54) is 9.80 Å². The molecule has 0 saturated heterocycles. The van der Waals surface area contributed by atoms with Crippen molar-refractivity contribution in [2.75, 3.05) is 42.1 Å². The Bertz CT molecular complexity index is 1380. The van der Waals surface area contributed by atoms with Crippen LogP contribution in [0.4, 0.5) is 21.9 Å². The lowest BCUT2D eigenvalue weighted by molar-refractivity contribution is -0.138. The molecular formula is C32H37N5O6. The van der Waals surface area contributed by atoms with Gasteiger partial charge in [0.25, 0.3) is 5.91 Å². The molecule has 43 heavy (non-hydrogen) atoms. The Labute approximate surface area is 250 Å². The van der Waals surface area contributed by atoms with Crippen molar-refractivity contribution in [3.8, 4) is 0 Å². The van der Waals surface area contributed by atoms with Crippen molar-refractivity contribution in [2.24, 2.45) is 5.92 Å². The number of rotatable bonds is 14. The SMILES string of the molecule is CC(C)CCN(CC(=O)Nc1ccc(NC(=O)Nc2ccccc2)cc1)C(=O)CN(CCC(=O)O)C(=O)c1ccccc1. The molecule has 0 atom stereocenters. The lowest BCUT2D eigenvalue weighted by Crippen LogP contribution is -2.46. The number of carboxylic acids is 1. The summed E-state index contributed by atoms with van der Waals surface area (Å²) in [5.74, 6) is -2.20. The molecule has 0 fully saturated rings. The highest BCUT2D eigenvalue weighted by Gasteiger charge is 2.24. The van der Waals surface area contributed by atoms with E-state index < -0.39 is 29.7 Å². The maximum Gasteiger partial charge on any atom is 0.323 e. The minimum absolute atomic E-state index is 0.150. The summed E-state index contributed by atoms with van der Waals surface area (Å²) in [6.45, 7) is 3.51. The Hall–Kier alpha value is -5.19. The normalized spacial score (nSPS) is 10.5. The molecule has 4 N–H and O–H groups in total.